The number of nitrogens with zero attached hydrogens (tertiary/aromatic N) is 2. The van der Waals surface area contributed by atoms with Crippen LogP contribution in [0, 0.1) is 0 Å². The maximum Gasteiger partial charge on any atom is 0.188 e. The molecule has 1 fully saturated rings. The Hall–Kier alpha value is -2.39. The second-order valence-corrected chi connectivity index (χ2v) is 7.83. The van der Waals surface area contributed by atoms with Crippen LogP contribution in [0.2, 0.25) is 0 Å². The van der Waals surface area contributed by atoms with E-state index in [1.165, 1.54) is 18.5 Å². The van der Waals surface area contributed by atoms with Gasteiger partial charge in [0.2, 0.25) is 0 Å². The van der Waals surface area contributed by atoms with Gasteiger partial charge in [-0.3, -0.25) is 9.69 Å². The number of Topliss-reactive ketones (excluding diaryl/α,β-unsaturated/α-hetero) is 1. The normalized spacial score (nSPS) is 15.5. The predicted octanol–water partition coefficient (Wildman–Crippen LogP) is 5.59. The summed E-state index contributed by atoms with van der Waals surface area (Å²) in [5.41, 5.74) is 3.10. The lowest BCUT2D eigenvalue weighted by atomic mass is 9.98. The largest absolute Gasteiger partial charge is 0.369 e. The second kappa shape index (κ2) is 11.6. The van der Waals surface area contributed by atoms with E-state index in [-0.39, 0.29) is 5.78 Å². The number of anilines is 1. The van der Waals surface area contributed by atoms with Gasteiger partial charge >= 0.3 is 0 Å². The third-order valence-corrected chi connectivity index (χ3v) is 5.72. The molecular formula is C26H34N2O. The first-order valence-electron chi connectivity index (χ1n) is 11.1. The zero-order valence-electron chi connectivity index (χ0n) is 17.7. The van der Waals surface area contributed by atoms with Gasteiger partial charge in [0.05, 0.1) is 0 Å². The average Bonchev–Trinajstić information content (AvgIpc) is 2.80. The Morgan fingerprint density at radius 3 is 2.21 bits per heavy atom. The van der Waals surface area contributed by atoms with E-state index in [1.807, 2.05) is 30.3 Å². The number of unbranched alkanes of at least 4 members (excludes halogenated alkanes) is 3. The third-order valence-electron chi connectivity index (χ3n) is 5.72. The van der Waals surface area contributed by atoms with Crippen LogP contribution in [-0.4, -0.2) is 43.4 Å². The highest BCUT2D eigenvalue weighted by molar-refractivity contribution is 6.08. The summed E-state index contributed by atoms with van der Waals surface area (Å²) in [7, 11) is 0. The molecule has 0 amide bonds. The van der Waals surface area contributed by atoms with Gasteiger partial charge in [0, 0.05) is 44.0 Å². The summed E-state index contributed by atoms with van der Waals surface area (Å²) in [4.78, 5) is 18.0. The maximum absolute atomic E-state index is 13.0. The van der Waals surface area contributed by atoms with Gasteiger partial charge in [-0.15, -0.1) is 0 Å². The summed E-state index contributed by atoms with van der Waals surface area (Å²) in [5.74, 6) is 0.199. The summed E-state index contributed by atoms with van der Waals surface area (Å²) in [5, 5.41) is 0. The minimum Gasteiger partial charge on any atom is -0.369 e. The number of para-hydroxylation sites is 1. The summed E-state index contributed by atoms with van der Waals surface area (Å²) in [6.45, 7) is 7.38. The SMILES string of the molecule is CCCCC/C=C(/CCN1CCN(c2ccccc2)CC1)C(=O)c1ccccc1. The Bertz CT molecular complexity index is 762. The van der Waals surface area contributed by atoms with E-state index in [0.717, 1.165) is 63.1 Å². The van der Waals surface area contributed by atoms with E-state index in [0.29, 0.717) is 0 Å². The van der Waals surface area contributed by atoms with Crippen LogP contribution in [0.15, 0.2) is 72.3 Å². The van der Waals surface area contributed by atoms with Crippen LogP contribution in [0.3, 0.4) is 0 Å². The number of carbonyl (C=O) groups excluding carboxylic acids is 1. The first kappa shape index (κ1) is 21.3. The minimum atomic E-state index is 0.199. The van der Waals surface area contributed by atoms with Gasteiger partial charge in [-0.05, 0) is 37.0 Å². The van der Waals surface area contributed by atoms with Crippen LogP contribution < -0.4 is 4.90 Å². The molecule has 0 bridgehead atoms. The Kier molecular flexibility index (Phi) is 8.51. The van der Waals surface area contributed by atoms with Crippen molar-refractivity contribution < 1.29 is 4.79 Å². The van der Waals surface area contributed by atoms with Crippen molar-refractivity contribution in [3.8, 4) is 0 Å². The zero-order chi connectivity index (χ0) is 20.3. The van der Waals surface area contributed by atoms with Gasteiger partial charge in [0.1, 0.15) is 0 Å². The molecule has 3 heteroatoms. The van der Waals surface area contributed by atoms with Crippen LogP contribution in [0.5, 0.6) is 0 Å². The number of piperazine rings is 1. The molecule has 0 N–H and O–H groups in total. The Morgan fingerprint density at radius 1 is 0.897 bits per heavy atom. The van der Waals surface area contributed by atoms with E-state index >= 15 is 0 Å². The van der Waals surface area contributed by atoms with Crippen molar-refractivity contribution in [2.75, 3.05) is 37.6 Å². The number of allylic oxidation sites excluding steroid dienone is 1. The summed E-state index contributed by atoms with van der Waals surface area (Å²) in [6.07, 6.45) is 7.64. The number of rotatable bonds is 10. The molecule has 0 aliphatic carbocycles. The van der Waals surface area contributed by atoms with Gasteiger partial charge in [-0.1, -0.05) is 74.4 Å². The standard InChI is InChI=1S/C26H34N2O/c1-2-3-4-7-14-24(26(29)23-12-8-5-9-13-23)17-18-27-19-21-28(22-20-27)25-15-10-6-11-16-25/h5-6,8-16H,2-4,7,17-22H2,1H3/b24-14-. The Balaban J connectivity index is 1.55. The minimum absolute atomic E-state index is 0.199. The number of benzene rings is 2. The molecule has 1 heterocycles. The van der Waals surface area contributed by atoms with E-state index in [1.54, 1.807) is 0 Å². The van der Waals surface area contributed by atoms with Crippen LogP contribution in [0.25, 0.3) is 0 Å². The third kappa shape index (κ3) is 6.57. The molecule has 1 aliphatic heterocycles. The van der Waals surface area contributed by atoms with Gasteiger partial charge in [-0.2, -0.15) is 0 Å². The highest BCUT2D eigenvalue weighted by Crippen LogP contribution is 2.18. The fourth-order valence-electron chi connectivity index (χ4n) is 3.90. The monoisotopic (exact) mass is 390 g/mol. The number of carbonyl (C=O) groups is 1. The van der Waals surface area contributed by atoms with E-state index in [9.17, 15) is 4.79 Å². The van der Waals surface area contributed by atoms with Crippen molar-refractivity contribution in [2.24, 2.45) is 0 Å². The van der Waals surface area contributed by atoms with Crippen molar-refractivity contribution in [2.45, 2.75) is 39.0 Å². The van der Waals surface area contributed by atoms with Gasteiger partial charge in [0.15, 0.2) is 5.78 Å². The molecule has 0 unspecified atom stereocenters. The van der Waals surface area contributed by atoms with Crippen molar-refractivity contribution in [3.63, 3.8) is 0 Å². The van der Waals surface area contributed by atoms with Crippen LogP contribution in [-0.2, 0) is 0 Å². The van der Waals surface area contributed by atoms with Crippen LogP contribution in [0.4, 0.5) is 5.69 Å². The second-order valence-electron chi connectivity index (χ2n) is 7.83. The van der Waals surface area contributed by atoms with E-state index < -0.39 is 0 Å². The van der Waals surface area contributed by atoms with Crippen molar-refractivity contribution in [1.82, 2.24) is 4.90 Å². The Morgan fingerprint density at radius 2 is 1.55 bits per heavy atom. The summed E-state index contributed by atoms with van der Waals surface area (Å²) in [6, 6.07) is 20.4. The average molecular weight is 391 g/mol. The summed E-state index contributed by atoms with van der Waals surface area (Å²) >= 11 is 0. The van der Waals surface area contributed by atoms with Crippen molar-refractivity contribution in [1.29, 1.82) is 0 Å². The molecule has 0 radical (unpaired) electrons. The van der Waals surface area contributed by atoms with Crippen molar-refractivity contribution in [3.05, 3.63) is 77.9 Å². The molecule has 154 valence electrons. The van der Waals surface area contributed by atoms with Gasteiger partial charge in [0.25, 0.3) is 0 Å². The smallest absolute Gasteiger partial charge is 0.188 e. The first-order valence-corrected chi connectivity index (χ1v) is 11.1. The molecule has 3 rings (SSSR count). The molecule has 2 aromatic carbocycles. The van der Waals surface area contributed by atoms with E-state index in [4.69, 9.17) is 0 Å². The molecule has 0 spiro atoms. The van der Waals surface area contributed by atoms with E-state index in [2.05, 4.69) is 53.1 Å². The molecule has 0 atom stereocenters. The van der Waals surface area contributed by atoms with Crippen LogP contribution >= 0.6 is 0 Å². The Labute approximate surface area is 176 Å². The zero-order valence-corrected chi connectivity index (χ0v) is 17.7. The molecule has 0 saturated carbocycles. The highest BCUT2D eigenvalue weighted by atomic mass is 16.1. The quantitative estimate of drug-likeness (QED) is 0.300. The number of hydrogen-bond donors (Lipinski definition) is 0. The molecule has 1 aliphatic rings. The molecule has 1 saturated heterocycles. The predicted molar refractivity (Wildman–Crippen MR) is 123 cm³/mol. The topological polar surface area (TPSA) is 23.6 Å². The fraction of sp³-hybridized carbons (Fsp3) is 0.423. The lowest BCUT2D eigenvalue weighted by Crippen LogP contribution is -2.46. The molecular weight excluding hydrogens is 356 g/mol. The number of ketones is 1. The molecule has 0 aromatic heterocycles. The fourth-order valence-corrected chi connectivity index (χ4v) is 3.90. The van der Waals surface area contributed by atoms with Crippen molar-refractivity contribution >= 4 is 11.5 Å². The lowest BCUT2D eigenvalue weighted by Gasteiger charge is -2.36. The van der Waals surface area contributed by atoms with Crippen LogP contribution in [0.1, 0.15) is 49.4 Å². The van der Waals surface area contributed by atoms with Gasteiger partial charge in [-0.25, -0.2) is 0 Å². The lowest BCUT2D eigenvalue weighted by molar-refractivity contribution is 0.102. The molecule has 2 aromatic rings. The maximum atomic E-state index is 13.0. The highest BCUT2D eigenvalue weighted by Gasteiger charge is 2.19. The molecule has 29 heavy (non-hydrogen) atoms. The first-order chi connectivity index (χ1) is 14.3. The molecule has 3 nitrogen and oxygen atoms in total. The number of hydrogen-bond acceptors (Lipinski definition) is 3. The van der Waals surface area contributed by atoms with Gasteiger partial charge < -0.3 is 4.90 Å². The summed E-state index contributed by atoms with van der Waals surface area (Å²) < 4.78 is 0.